The van der Waals surface area contributed by atoms with E-state index in [0.29, 0.717) is 5.69 Å². The topological polar surface area (TPSA) is 102 Å². The van der Waals surface area contributed by atoms with Crippen LogP contribution in [0.3, 0.4) is 0 Å². The predicted molar refractivity (Wildman–Crippen MR) is 98.8 cm³/mol. The van der Waals surface area contributed by atoms with Gasteiger partial charge in [-0.3, -0.25) is 4.79 Å². The number of benzene rings is 2. The number of nitrogens with zero attached hydrogens (tertiary/aromatic N) is 1. The number of amides is 1. The summed E-state index contributed by atoms with van der Waals surface area (Å²) in [6.45, 7) is -0.973. The standard InChI is InChI=1S/C18H19FN2O6S/c1-21(2)28(24,25)16-9-5-14(6-10-16)20-17(22)11-27-18(23)12-26-15-7-3-13(19)4-8-15/h3-10H,11-12H2,1-2H3,(H,20,22). The van der Waals surface area contributed by atoms with Crippen molar-refractivity contribution >= 4 is 27.6 Å². The fourth-order valence-electron chi connectivity index (χ4n) is 1.98. The molecule has 0 aromatic heterocycles. The van der Waals surface area contributed by atoms with Crippen LogP contribution >= 0.6 is 0 Å². The summed E-state index contributed by atoms with van der Waals surface area (Å²) in [6, 6.07) is 10.6. The van der Waals surface area contributed by atoms with Gasteiger partial charge in [0.15, 0.2) is 13.2 Å². The van der Waals surface area contributed by atoms with E-state index in [-0.39, 0.29) is 10.6 Å². The minimum Gasteiger partial charge on any atom is -0.482 e. The van der Waals surface area contributed by atoms with E-state index >= 15 is 0 Å². The average molecular weight is 410 g/mol. The Balaban J connectivity index is 1.79. The molecule has 28 heavy (non-hydrogen) atoms. The monoisotopic (exact) mass is 410 g/mol. The van der Waals surface area contributed by atoms with E-state index in [4.69, 9.17) is 9.47 Å². The number of hydrogen-bond acceptors (Lipinski definition) is 6. The summed E-state index contributed by atoms with van der Waals surface area (Å²) in [6.07, 6.45) is 0. The van der Waals surface area contributed by atoms with Crippen LogP contribution in [0, 0.1) is 5.82 Å². The molecule has 1 amide bonds. The highest BCUT2D eigenvalue weighted by molar-refractivity contribution is 7.89. The van der Waals surface area contributed by atoms with Gasteiger partial charge >= 0.3 is 5.97 Å². The fraction of sp³-hybridized carbons (Fsp3) is 0.222. The largest absolute Gasteiger partial charge is 0.482 e. The summed E-state index contributed by atoms with van der Waals surface area (Å²) < 4.78 is 47.7. The lowest BCUT2D eigenvalue weighted by Crippen LogP contribution is -2.24. The van der Waals surface area contributed by atoms with Gasteiger partial charge in [0.25, 0.3) is 5.91 Å². The van der Waals surface area contributed by atoms with Gasteiger partial charge in [-0.05, 0) is 48.5 Å². The first kappa shape index (κ1) is 21.3. The molecule has 2 aromatic rings. The van der Waals surface area contributed by atoms with Gasteiger partial charge in [0.05, 0.1) is 4.90 Å². The summed E-state index contributed by atoms with van der Waals surface area (Å²) >= 11 is 0. The molecule has 1 N–H and O–H groups in total. The van der Waals surface area contributed by atoms with Crippen LogP contribution in [0.25, 0.3) is 0 Å². The molecule has 0 bridgehead atoms. The van der Waals surface area contributed by atoms with Crippen LogP contribution in [0.1, 0.15) is 0 Å². The molecule has 0 atom stereocenters. The summed E-state index contributed by atoms with van der Waals surface area (Å²) in [5, 5.41) is 2.48. The van der Waals surface area contributed by atoms with Gasteiger partial charge in [0.2, 0.25) is 10.0 Å². The van der Waals surface area contributed by atoms with Crippen molar-refractivity contribution in [1.29, 1.82) is 0 Å². The van der Waals surface area contributed by atoms with Crippen LogP contribution in [0.2, 0.25) is 0 Å². The Morgan fingerprint density at radius 1 is 1.00 bits per heavy atom. The minimum absolute atomic E-state index is 0.0832. The molecule has 0 aliphatic rings. The van der Waals surface area contributed by atoms with E-state index in [0.717, 1.165) is 4.31 Å². The molecular weight excluding hydrogens is 391 g/mol. The minimum atomic E-state index is -3.56. The van der Waals surface area contributed by atoms with Crippen molar-refractivity contribution in [2.75, 3.05) is 32.6 Å². The Kier molecular flexibility index (Phi) is 7.07. The van der Waals surface area contributed by atoms with E-state index in [2.05, 4.69) is 5.32 Å². The summed E-state index contributed by atoms with van der Waals surface area (Å²) in [5.41, 5.74) is 0.348. The Labute approximate surface area is 161 Å². The molecule has 0 radical (unpaired) electrons. The van der Waals surface area contributed by atoms with E-state index in [9.17, 15) is 22.4 Å². The van der Waals surface area contributed by atoms with Gasteiger partial charge in [-0.2, -0.15) is 0 Å². The maximum absolute atomic E-state index is 12.8. The van der Waals surface area contributed by atoms with Gasteiger partial charge in [0.1, 0.15) is 11.6 Å². The first-order valence-electron chi connectivity index (χ1n) is 8.05. The summed E-state index contributed by atoms with van der Waals surface area (Å²) in [7, 11) is -0.727. The zero-order chi connectivity index (χ0) is 20.7. The quantitative estimate of drug-likeness (QED) is 0.664. The van der Waals surface area contributed by atoms with Crippen molar-refractivity contribution < 1.29 is 31.9 Å². The number of nitrogens with one attached hydrogen (secondary N) is 1. The smallest absolute Gasteiger partial charge is 0.344 e. The van der Waals surface area contributed by atoms with E-state index in [1.165, 1.54) is 62.6 Å². The number of carbonyl (C=O) groups is 2. The van der Waals surface area contributed by atoms with Crippen molar-refractivity contribution in [2.45, 2.75) is 4.90 Å². The number of hydrogen-bond donors (Lipinski definition) is 1. The van der Waals surface area contributed by atoms with Crippen molar-refractivity contribution in [3.63, 3.8) is 0 Å². The third-order valence-electron chi connectivity index (χ3n) is 3.45. The zero-order valence-corrected chi connectivity index (χ0v) is 16.0. The van der Waals surface area contributed by atoms with Crippen LogP contribution in [-0.2, 0) is 24.3 Å². The molecule has 2 aromatic carbocycles. The van der Waals surface area contributed by atoms with Gasteiger partial charge in [-0.25, -0.2) is 21.9 Å². The third kappa shape index (κ3) is 6.03. The highest BCUT2D eigenvalue weighted by Gasteiger charge is 2.17. The van der Waals surface area contributed by atoms with Crippen LogP contribution in [0.15, 0.2) is 53.4 Å². The van der Waals surface area contributed by atoms with Crippen LogP contribution < -0.4 is 10.1 Å². The number of anilines is 1. The number of rotatable bonds is 8. The SMILES string of the molecule is CN(C)S(=O)(=O)c1ccc(NC(=O)COC(=O)COc2ccc(F)cc2)cc1. The molecule has 2 rings (SSSR count). The lowest BCUT2D eigenvalue weighted by molar-refractivity contribution is -0.149. The van der Waals surface area contributed by atoms with E-state index < -0.39 is 40.9 Å². The van der Waals surface area contributed by atoms with E-state index in [1.54, 1.807) is 0 Å². The van der Waals surface area contributed by atoms with E-state index in [1.807, 2.05) is 0 Å². The molecule has 0 aliphatic heterocycles. The second-order valence-electron chi connectivity index (χ2n) is 5.76. The predicted octanol–water partition coefficient (Wildman–Crippen LogP) is 1.64. The number of ether oxygens (including phenoxy) is 2. The van der Waals surface area contributed by atoms with Crippen LogP contribution in [0.4, 0.5) is 10.1 Å². The maximum Gasteiger partial charge on any atom is 0.344 e. The molecule has 0 saturated heterocycles. The number of halogens is 1. The molecule has 0 saturated carbocycles. The van der Waals surface area contributed by atoms with Gasteiger partial charge in [-0.1, -0.05) is 0 Å². The fourth-order valence-corrected chi connectivity index (χ4v) is 2.88. The number of carbonyl (C=O) groups excluding carboxylic acids is 2. The van der Waals surface area contributed by atoms with Crippen LogP contribution in [0.5, 0.6) is 5.75 Å². The van der Waals surface area contributed by atoms with Gasteiger partial charge < -0.3 is 14.8 Å². The molecule has 0 fully saturated rings. The van der Waals surface area contributed by atoms with Crippen molar-refractivity contribution in [2.24, 2.45) is 0 Å². The Hall–Kier alpha value is -2.98. The molecule has 0 spiro atoms. The Morgan fingerprint density at radius 3 is 2.18 bits per heavy atom. The van der Waals surface area contributed by atoms with Gasteiger partial charge in [0, 0.05) is 19.8 Å². The van der Waals surface area contributed by atoms with Crippen molar-refractivity contribution in [1.82, 2.24) is 4.31 Å². The summed E-state index contributed by atoms with van der Waals surface area (Å²) in [5.74, 6) is -1.51. The highest BCUT2D eigenvalue weighted by atomic mass is 32.2. The average Bonchev–Trinajstić information content (AvgIpc) is 2.66. The Morgan fingerprint density at radius 2 is 1.61 bits per heavy atom. The third-order valence-corrected chi connectivity index (χ3v) is 5.28. The Bertz CT molecular complexity index is 928. The number of esters is 1. The van der Waals surface area contributed by atoms with Gasteiger partial charge in [-0.15, -0.1) is 0 Å². The van der Waals surface area contributed by atoms with Crippen LogP contribution in [-0.4, -0.2) is 51.9 Å². The maximum atomic E-state index is 12.8. The molecule has 150 valence electrons. The number of sulfonamides is 1. The molecular formula is C18H19FN2O6S. The normalized spacial score (nSPS) is 11.1. The molecule has 0 heterocycles. The molecule has 8 nitrogen and oxygen atoms in total. The highest BCUT2D eigenvalue weighted by Crippen LogP contribution is 2.16. The van der Waals surface area contributed by atoms with Crippen molar-refractivity contribution in [3.8, 4) is 5.75 Å². The second-order valence-corrected chi connectivity index (χ2v) is 7.92. The first-order valence-corrected chi connectivity index (χ1v) is 9.49. The van der Waals surface area contributed by atoms with Crippen molar-refractivity contribution in [3.05, 3.63) is 54.3 Å². The second kappa shape index (κ2) is 9.29. The summed E-state index contributed by atoms with van der Waals surface area (Å²) in [4.78, 5) is 23.5. The lowest BCUT2D eigenvalue weighted by Gasteiger charge is -2.12. The molecule has 10 heteroatoms. The zero-order valence-electron chi connectivity index (χ0n) is 15.2. The lowest BCUT2D eigenvalue weighted by atomic mass is 10.3. The molecule has 0 aliphatic carbocycles. The first-order chi connectivity index (χ1) is 13.2. The molecule has 0 unspecified atom stereocenters.